The molecule has 3 nitrogen and oxygen atoms in total. The second kappa shape index (κ2) is 6.87. The molecular formula is C21H30N2O. The highest BCUT2D eigenvalue weighted by molar-refractivity contribution is 5.83. The van der Waals surface area contributed by atoms with Crippen molar-refractivity contribution in [1.29, 1.82) is 0 Å². The van der Waals surface area contributed by atoms with Gasteiger partial charge >= 0.3 is 0 Å². The molecule has 0 N–H and O–H groups in total. The number of nitrogens with zero attached hydrogens (tertiary/aromatic N) is 2. The highest BCUT2D eigenvalue weighted by Crippen LogP contribution is 2.42. The average molecular weight is 326 g/mol. The van der Waals surface area contributed by atoms with E-state index in [9.17, 15) is 4.79 Å². The monoisotopic (exact) mass is 326 g/mol. The summed E-state index contributed by atoms with van der Waals surface area (Å²) in [7, 11) is 2.11. The number of likely N-dealkylation sites (N-methyl/N-ethyl adjacent to an activating group) is 1. The second-order valence-electron chi connectivity index (χ2n) is 7.96. The molecule has 2 fully saturated rings. The summed E-state index contributed by atoms with van der Waals surface area (Å²) in [4.78, 5) is 17.9. The maximum absolute atomic E-state index is 13.4. The lowest BCUT2D eigenvalue weighted by molar-refractivity contribution is -0.140. The van der Waals surface area contributed by atoms with Crippen LogP contribution in [0, 0.1) is 5.92 Å². The molecule has 1 aliphatic carbocycles. The average Bonchev–Trinajstić information content (AvgIpc) is 3.07. The zero-order chi connectivity index (χ0) is 16.5. The number of hydrogen-bond donors (Lipinski definition) is 0. The fourth-order valence-corrected chi connectivity index (χ4v) is 5.22. The van der Waals surface area contributed by atoms with E-state index in [-0.39, 0.29) is 6.04 Å². The first-order chi connectivity index (χ1) is 11.8. The van der Waals surface area contributed by atoms with Crippen LogP contribution >= 0.6 is 0 Å². The fourth-order valence-electron chi connectivity index (χ4n) is 5.22. The van der Waals surface area contributed by atoms with Gasteiger partial charge in [-0.2, -0.15) is 0 Å². The Labute approximate surface area is 146 Å². The molecular weight excluding hydrogens is 296 g/mol. The third kappa shape index (κ3) is 2.88. The summed E-state index contributed by atoms with van der Waals surface area (Å²) in [6.07, 6.45) is 9.79. The van der Waals surface area contributed by atoms with Crippen molar-refractivity contribution in [1.82, 2.24) is 9.80 Å². The smallest absolute Gasteiger partial charge is 0.240 e. The van der Waals surface area contributed by atoms with Crippen LogP contribution < -0.4 is 0 Å². The van der Waals surface area contributed by atoms with E-state index >= 15 is 0 Å². The maximum Gasteiger partial charge on any atom is 0.240 e. The standard InChI is InChI=1S/C21H30N2O/c1-22-14-7-12-19(22)21(24)23-15-13-16-8-5-6-11-18(16)20(23)17-9-3-2-4-10-17/h5-6,8,11,17,19-20H,2-4,7,9-10,12-15H2,1H3/t19-,20?/m0/s1. The van der Waals surface area contributed by atoms with E-state index in [1.807, 2.05) is 0 Å². The molecule has 1 amide bonds. The van der Waals surface area contributed by atoms with Crippen LogP contribution in [0.15, 0.2) is 24.3 Å². The molecule has 3 heteroatoms. The Morgan fingerprint density at radius 2 is 1.79 bits per heavy atom. The molecule has 0 radical (unpaired) electrons. The highest BCUT2D eigenvalue weighted by atomic mass is 16.2. The molecule has 1 aromatic rings. The number of hydrogen-bond acceptors (Lipinski definition) is 2. The number of rotatable bonds is 2. The molecule has 1 aromatic carbocycles. The molecule has 0 aromatic heterocycles. The van der Waals surface area contributed by atoms with Crippen molar-refractivity contribution in [2.75, 3.05) is 20.1 Å². The van der Waals surface area contributed by atoms with Crippen LogP contribution in [0.3, 0.4) is 0 Å². The maximum atomic E-state index is 13.4. The number of carbonyl (C=O) groups excluding carboxylic acids is 1. The van der Waals surface area contributed by atoms with E-state index < -0.39 is 0 Å². The van der Waals surface area contributed by atoms with Crippen LogP contribution in [-0.2, 0) is 11.2 Å². The third-order valence-electron chi connectivity index (χ3n) is 6.52. The van der Waals surface area contributed by atoms with E-state index in [1.54, 1.807) is 0 Å². The number of likely N-dealkylation sites (tertiary alicyclic amines) is 1. The number of benzene rings is 1. The molecule has 130 valence electrons. The van der Waals surface area contributed by atoms with Crippen LogP contribution in [-0.4, -0.2) is 41.9 Å². The van der Waals surface area contributed by atoms with Gasteiger partial charge in [0.15, 0.2) is 0 Å². The normalized spacial score (nSPS) is 28.8. The molecule has 1 saturated heterocycles. The summed E-state index contributed by atoms with van der Waals surface area (Å²) in [6.45, 7) is 1.97. The topological polar surface area (TPSA) is 23.6 Å². The van der Waals surface area contributed by atoms with Crippen molar-refractivity contribution in [3.8, 4) is 0 Å². The van der Waals surface area contributed by atoms with Gasteiger partial charge in [-0.25, -0.2) is 0 Å². The third-order valence-corrected chi connectivity index (χ3v) is 6.52. The van der Waals surface area contributed by atoms with Crippen molar-refractivity contribution >= 4 is 5.91 Å². The van der Waals surface area contributed by atoms with Gasteiger partial charge in [-0.3, -0.25) is 9.69 Å². The Balaban J connectivity index is 1.65. The quantitative estimate of drug-likeness (QED) is 0.825. The zero-order valence-electron chi connectivity index (χ0n) is 14.9. The number of amides is 1. The summed E-state index contributed by atoms with van der Waals surface area (Å²) >= 11 is 0. The molecule has 3 aliphatic rings. The first kappa shape index (κ1) is 16.1. The minimum absolute atomic E-state index is 0.112. The highest BCUT2D eigenvalue weighted by Gasteiger charge is 2.40. The number of carbonyl (C=O) groups is 1. The van der Waals surface area contributed by atoms with Crippen molar-refractivity contribution in [2.24, 2.45) is 5.92 Å². The molecule has 1 saturated carbocycles. The van der Waals surface area contributed by atoms with Crippen LogP contribution in [0.25, 0.3) is 0 Å². The van der Waals surface area contributed by atoms with Gasteiger partial charge in [-0.05, 0) is 62.7 Å². The Bertz CT molecular complexity index is 593. The van der Waals surface area contributed by atoms with Gasteiger partial charge in [0.05, 0.1) is 12.1 Å². The molecule has 0 bridgehead atoms. The Morgan fingerprint density at radius 1 is 1.00 bits per heavy atom. The van der Waals surface area contributed by atoms with Gasteiger partial charge in [0.1, 0.15) is 0 Å². The lowest BCUT2D eigenvalue weighted by Crippen LogP contribution is -2.50. The zero-order valence-corrected chi connectivity index (χ0v) is 14.9. The van der Waals surface area contributed by atoms with Gasteiger partial charge in [0.2, 0.25) is 5.91 Å². The summed E-state index contributed by atoms with van der Waals surface area (Å²) < 4.78 is 0. The van der Waals surface area contributed by atoms with E-state index in [4.69, 9.17) is 0 Å². The van der Waals surface area contributed by atoms with Crippen molar-refractivity contribution in [3.63, 3.8) is 0 Å². The summed E-state index contributed by atoms with van der Waals surface area (Å²) in [5.41, 5.74) is 2.90. The molecule has 2 aliphatic heterocycles. The lowest BCUT2D eigenvalue weighted by atomic mass is 9.77. The van der Waals surface area contributed by atoms with E-state index in [2.05, 4.69) is 41.1 Å². The van der Waals surface area contributed by atoms with E-state index in [0.29, 0.717) is 17.9 Å². The minimum Gasteiger partial charge on any atom is -0.334 e. The van der Waals surface area contributed by atoms with Crippen molar-refractivity contribution in [3.05, 3.63) is 35.4 Å². The SMILES string of the molecule is CN1CCC[C@H]1C(=O)N1CCc2ccccc2C1C1CCCCC1. The van der Waals surface area contributed by atoms with Gasteiger partial charge < -0.3 is 4.90 Å². The molecule has 4 rings (SSSR count). The largest absolute Gasteiger partial charge is 0.334 e. The predicted octanol–water partition coefficient (Wildman–Crippen LogP) is 3.79. The van der Waals surface area contributed by atoms with Crippen molar-refractivity contribution in [2.45, 2.75) is 63.5 Å². The van der Waals surface area contributed by atoms with Gasteiger partial charge in [0.25, 0.3) is 0 Å². The summed E-state index contributed by atoms with van der Waals surface area (Å²) in [6, 6.07) is 9.29. The fraction of sp³-hybridized carbons (Fsp3) is 0.667. The Hall–Kier alpha value is -1.35. The second-order valence-corrected chi connectivity index (χ2v) is 7.96. The Kier molecular flexibility index (Phi) is 4.62. The molecule has 2 heterocycles. The van der Waals surface area contributed by atoms with Gasteiger partial charge in [-0.15, -0.1) is 0 Å². The first-order valence-electron chi connectivity index (χ1n) is 9.84. The van der Waals surface area contributed by atoms with E-state index in [1.165, 1.54) is 43.2 Å². The summed E-state index contributed by atoms with van der Waals surface area (Å²) in [5.74, 6) is 1.04. The molecule has 0 spiro atoms. The molecule has 24 heavy (non-hydrogen) atoms. The van der Waals surface area contributed by atoms with Gasteiger partial charge in [-0.1, -0.05) is 43.5 Å². The lowest BCUT2D eigenvalue weighted by Gasteiger charge is -2.44. The van der Waals surface area contributed by atoms with E-state index in [0.717, 1.165) is 32.4 Å². The minimum atomic E-state index is 0.112. The van der Waals surface area contributed by atoms with Crippen LogP contribution in [0.1, 0.15) is 62.1 Å². The van der Waals surface area contributed by atoms with Gasteiger partial charge in [0, 0.05) is 6.54 Å². The van der Waals surface area contributed by atoms with Crippen molar-refractivity contribution < 1.29 is 4.79 Å². The Morgan fingerprint density at radius 3 is 2.54 bits per heavy atom. The van der Waals surface area contributed by atoms with Crippen LogP contribution in [0.4, 0.5) is 0 Å². The predicted molar refractivity (Wildman–Crippen MR) is 96.8 cm³/mol. The molecule has 2 atom stereocenters. The molecule has 1 unspecified atom stereocenters. The van der Waals surface area contributed by atoms with Crippen LogP contribution in [0.5, 0.6) is 0 Å². The van der Waals surface area contributed by atoms with Crippen LogP contribution in [0.2, 0.25) is 0 Å². The first-order valence-corrected chi connectivity index (χ1v) is 9.84. The summed E-state index contributed by atoms with van der Waals surface area (Å²) in [5, 5.41) is 0. The number of fused-ring (bicyclic) bond motifs is 1.